The molecule has 1 unspecified atom stereocenters. The number of morpholine rings is 1. The summed E-state index contributed by atoms with van der Waals surface area (Å²) in [4.78, 5) is 7.02. The fourth-order valence-electron chi connectivity index (χ4n) is 2.72. The van der Waals surface area contributed by atoms with Crippen LogP contribution in [0.4, 0.5) is 0 Å². The van der Waals surface area contributed by atoms with E-state index in [-0.39, 0.29) is 11.6 Å². The molecule has 128 valence electrons. The molecule has 0 radical (unpaired) electrons. The van der Waals surface area contributed by atoms with Crippen LogP contribution in [0.15, 0.2) is 29.3 Å². The van der Waals surface area contributed by atoms with Gasteiger partial charge in [0.15, 0.2) is 5.96 Å². The summed E-state index contributed by atoms with van der Waals surface area (Å²) in [5.41, 5.74) is 8.51. The highest BCUT2D eigenvalue weighted by Crippen LogP contribution is 2.22. The summed E-state index contributed by atoms with van der Waals surface area (Å²) in [7, 11) is 0. The zero-order valence-corrected chi connectivity index (χ0v) is 14.8. The van der Waals surface area contributed by atoms with E-state index in [9.17, 15) is 0 Å². The molecule has 1 aliphatic heterocycles. The number of ether oxygens (including phenoxy) is 1. The first-order valence-corrected chi connectivity index (χ1v) is 8.31. The number of aliphatic imine (C=N–C) groups is 1. The number of aryl methyl sites for hydroxylation is 1. The Balaban J connectivity index is 2.13. The molecule has 0 aliphatic carbocycles. The lowest BCUT2D eigenvalue weighted by atomic mass is 10.0. The molecule has 0 spiro atoms. The molecular formula is C18H30N4O. The minimum absolute atomic E-state index is 0.0775. The van der Waals surface area contributed by atoms with Crippen molar-refractivity contribution in [3.8, 4) is 0 Å². The molecule has 5 nitrogen and oxygen atoms in total. The van der Waals surface area contributed by atoms with Crippen molar-refractivity contribution in [1.29, 1.82) is 0 Å². The maximum atomic E-state index is 6.04. The normalized spacial score (nSPS) is 18.7. The van der Waals surface area contributed by atoms with Gasteiger partial charge in [-0.25, -0.2) is 0 Å². The summed E-state index contributed by atoms with van der Waals surface area (Å²) >= 11 is 0. The van der Waals surface area contributed by atoms with E-state index in [0.717, 1.165) is 26.3 Å². The van der Waals surface area contributed by atoms with Crippen molar-refractivity contribution in [3.05, 3.63) is 35.4 Å². The number of nitrogens with one attached hydrogen (secondary N) is 1. The number of rotatable bonds is 4. The molecule has 2 rings (SSSR count). The van der Waals surface area contributed by atoms with Crippen molar-refractivity contribution in [2.24, 2.45) is 10.7 Å². The first-order valence-electron chi connectivity index (χ1n) is 8.31. The third-order valence-electron chi connectivity index (χ3n) is 3.89. The summed E-state index contributed by atoms with van der Waals surface area (Å²) in [5, 5.41) is 3.22. The molecule has 5 heteroatoms. The average Bonchev–Trinajstić information content (AvgIpc) is 2.48. The minimum atomic E-state index is -0.0775. The molecule has 0 bridgehead atoms. The third kappa shape index (κ3) is 5.84. The maximum Gasteiger partial charge on any atom is 0.189 e. The number of hydrogen-bond donors (Lipinski definition) is 2. The molecular weight excluding hydrogens is 288 g/mol. The second kappa shape index (κ2) is 7.79. The highest BCUT2D eigenvalue weighted by Gasteiger charge is 2.22. The van der Waals surface area contributed by atoms with E-state index < -0.39 is 0 Å². The van der Waals surface area contributed by atoms with Crippen LogP contribution in [0.3, 0.4) is 0 Å². The largest absolute Gasteiger partial charge is 0.379 e. The molecule has 1 saturated heterocycles. The molecule has 1 aliphatic rings. The Kier molecular flexibility index (Phi) is 6.02. The summed E-state index contributed by atoms with van der Waals surface area (Å²) in [6.45, 7) is 12.4. The fraction of sp³-hybridized carbons (Fsp3) is 0.611. The summed E-state index contributed by atoms with van der Waals surface area (Å²) in [6, 6.07) is 8.93. The zero-order valence-electron chi connectivity index (χ0n) is 14.8. The van der Waals surface area contributed by atoms with E-state index in [1.54, 1.807) is 0 Å². The van der Waals surface area contributed by atoms with Crippen LogP contribution in [0.5, 0.6) is 0 Å². The molecule has 1 heterocycles. The van der Waals surface area contributed by atoms with Crippen LogP contribution in [-0.2, 0) is 4.74 Å². The average molecular weight is 318 g/mol. The molecule has 1 atom stereocenters. The smallest absolute Gasteiger partial charge is 0.189 e. The highest BCUT2D eigenvalue weighted by atomic mass is 16.5. The van der Waals surface area contributed by atoms with Gasteiger partial charge < -0.3 is 15.8 Å². The van der Waals surface area contributed by atoms with Gasteiger partial charge in [0.05, 0.1) is 25.8 Å². The van der Waals surface area contributed by atoms with Gasteiger partial charge in [-0.15, -0.1) is 0 Å². The monoisotopic (exact) mass is 318 g/mol. The van der Waals surface area contributed by atoms with E-state index >= 15 is 0 Å². The van der Waals surface area contributed by atoms with Crippen molar-refractivity contribution in [2.75, 3.05) is 32.8 Å². The van der Waals surface area contributed by atoms with Crippen LogP contribution in [0.25, 0.3) is 0 Å². The molecule has 1 aromatic carbocycles. The van der Waals surface area contributed by atoms with Crippen LogP contribution in [-0.4, -0.2) is 49.2 Å². The predicted molar refractivity (Wildman–Crippen MR) is 95.7 cm³/mol. The van der Waals surface area contributed by atoms with Gasteiger partial charge >= 0.3 is 0 Å². The molecule has 23 heavy (non-hydrogen) atoms. The zero-order chi connectivity index (χ0) is 16.9. The number of nitrogens with zero attached hydrogens (tertiary/aromatic N) is 2. The van der Waals surface area contributed by atoms with Gasteiger partial charge in [0.2, 0.25) is 0 Å². The Morgan fingerprint density at radius 1 is 1.26 bits per heavy atom. The van der Waals surface area contributed by atoms with Gasteiger partial charge in [0.25, 0.3) is 0 Å². The summed E-state index contributed by atoms with van der Waals surface area (Å²) < 4.78 is 5.48. The standard InChI is InChI=1S/C18H30N4O/c1-14-5-7-15(8-6-14)16(22-9-11-23-12-10-22)13-20-17(19)21-18(2,3)4/h5-8,16H,9-13H2,1-4H3,(H3,19,20,21). The minimum Gasteiger partial charge on any atom is -0.379 e. The van der Waals surface area contributed by atoms with Gasteiger partial charge in [-0.3, -0.25) is 9.89 Å². The van der Waals surface area contributed by atoms with Crippen molar-refractivity contribution in [3.63, 3.8) is 0 Å². The Labute approximate surface area is 139 Å². The molecule has 0 aromatic heterocycles. The first kappa shape index (κ1) is 17.8. The van der Waals surface area contributed by atoms with E-state index in [1.807, 2.05) is 0 Å². The van der Waals surface area contributed by atoms with Gasteiger partial charge in [-0.2, -0.15) is 0 Å². The van der Waals surface area contributed by atoms with Crippen molar-refractivity contribution in [2.45, 2.75) is 39.3 Å². The van der Waals surface area contributed by atoms with Crippen molar-refractivity contribution < 1.29 is 4.74 Å². The Morgan fingerprint density at radius 2 is 1.87 bits per heavy atom. The van der Waals surface area contributed by atoms with Gasteiger partial charge in [-0.1, -0.05) is 29.8 Å². The SMILES string of the molecule is Cc1ccc(C(CN=C(N)NC(C)(C)C)N2CCOCC2)cc1. The quantitative estimate of drug-likeness (QED) is 0.659. The lowest BCUT2D eigenvalue weighted by Gasteiger charge is -2.34. The number of hydrogen-bond acceptors (Lipinski definition) is 3. The molecule has 1 fully saturated rings. The van der Waals surface area contributed by atoms with Gasteiger partial charge in [0, 0.05) is 18.6 Å². The van der Waals surface area contributed by atoms with Crippen molar-refractivity contribution in [1.82, 2.24) is 10.2 Å². The molecule has 0 amide bonds. The second-order valence-electron chi connectivity index (χ2n) is 7.18. The Bertz CT molecular complexity index is 513. The van der Waals surface area contributed by atoms with Crippen LogP contribution in [0.1, 0.15) is 37.9 Å². The van der Waals surface area contributed by atoms with Crippen LogP contribution in [0.2, 0.25) is 0 Å². The highest BCUT2D eigenvalue weighted by molar-refractivity contribution is 5.78. The number of nitrogens with two attached hydrogens (primary N) is 1. The van der Waals surface area contributed by atoms with E-state index in [0.29, 0.717) is 12.5 Å². The predicted octanol–water partition coefficient (Wildman–Crippen LogP) is 2.07. The lowest BCUT2D eigenvalue weighted by molar-refractivity contribution is 0.0180. The van der Waals surface area contributed by atoms with E-state index in [1.165, 1.54) is 11.1 Å². The van der Waals surface area contributed by atoms with Crippen LogP contribution < -0.4 is 11.1 Å². The Morgan fingerprint density at radius 3 is 2.43 bits per heavy atom. The maximum absolute atomic E-state index is 6.04. The Hall–Kier alpha value is -1.59. The van der Waals surface area contributed by atoms with E-state index in [4.69, 9.17) is 10.5 Å². The van der Waals surface area contributed by atoms with E-state index in [2.05, 4.69) is 67.2 Å². The summed E-state index contributed by atoms with van der Waals surface area (Å²) in [5.74, 6) is 0.503. The first-order chi connectivity index (χ1) is 10.8. The fourth-order valence-corrected chi connectivity index (χ4v) is 2.72. The second-order valence-corrected chi connectivity index (χ2v) is 7.18. The van der Waals surface area contributed by atoms with Crippen molar-refractivity contribution >= 4 is 5.96 Å². The van der Waals surface area contributed by atoms with Gasteiger partial charge in [-0.05, 0) is 33.3 Å². The van der Waals surface area contributed by atoms with Gasteiger partial charge in [0.1, 0.15) is 0 Å². The topological polar surface area (TPSA) is 62.9 Å². The third-order valence-corrected chi connectivity index (χ3v) is 3.89. The lowest BCUT2D eigenvalue weighted by Crippen LogP contribution is -2.45. The molecule has 0 saturated carbocycles. The van der Waals surface area contributed by atoms with Crippen LogP contribution in [0, 0.1) is 6.92 Å². The number of benzene rings is 1. The number of guanidine groups is 1. The molecule has 3 N–H and O–H groups in total. The molecule has 1 aromatic rings. The van der Waals surface area contributed by atoms with Crippen LogP contribution >= 0.6 is 0 Å². The summed E-state index contributed by atoms with van der Waals surface area (Å²) in [6.07, 6.45) is 0.